The van der Waals surface area contributed by atoms with Crippen LogP contribution in [-0.2, 0) is 16.1 Å². The maximum absolute atomic E-state index is 12.9. The number of nitrogens with zero attached hydrogens (tertiary/aromatic N) is 2. The number of hydrogen-bond donors (Lipinski definition) is 1. The summed E-state index contributed by atoms with van der Waals surface area (Å²) >= 11 is 0. The van der Waals surface area contributed by atoms with Crippen LogP contribution in [-0.4, -0.2) is 29.8 Å². The molecule has 1 fully saturated rings. The summed E-state index contributed by atoms with van der Waals surface area (Å²) in [4.78, 5) is 12.9. The van der Waals surface area contributed by atoms with Crippen LogP contribution in [0.2, 0.25) is 0 Å². The first kappa shape index (κ1) is 23.6. The van der Waals surface area contributed by atoms with Crippen LogP contribution in [0.1, 0.15) is 49.2 Å². The summed E-state index contributed by atoms with van der Waals surface area (Å²) in [5.74, 6) is 0.637. The average Bonchev–Trinajstić information content (AvgIpc) is 3.35. The van der Waals surface area contributed by atoms with Crippen LogP contribution in [0.3, 0.4) is 0 Å². The predicted octanol–water partition coefficient (Wildman–Crippen LogP) is 5.17. The number of aryl methyl sites for hydroxylation is 2. The minimum atomic E-state index is -0.452. The first-order valence-corrected chi connectivity index (χ1v) is 11.2. The highest BCUT2D eigenvalue weighted by Crippen LogP contribution is 2.28. The van der Waals surface area contributed by atoms with Crippen molar-refractivity contribution in [2.75, 3.05) is 18.5 Å². The zero-order chi connectivity index (χ0) is 23.3. The molecule has 0 saturated carbocycles. The van der Waals surface area contributed by atoms with E-state index in [0.717, 1.165) is 48.5 Å². The van der Waals surface area contributed by atoms with Gasteiger partial charge < -0.3 is 19.4 Å². The number of hydrogen-bond acceptors (Lipinski definition) is 4. The lowest BCUT2D eigenvalue weighted by atomic mass is 10.1. The van der Waals surface area contributed by atoms with Crippen LogP contribution >= 0.6 is 0 Å². The van der Waals surface area contributed by atoms with Crippen LogP contribution in [0.25, 0.3) is 6.08 Å². The highest BCUT2D eigenvalue weighted by Gasteiger charge is 2.19. The number of rotatable bonds is 8. The smallest absolute Gasteiger partial charge is 0.266 e. The molecule has 1 aromatic carbocycles. The predicted molar refractivity (Wildman–Crippen MR) is 127 cm³/mol. The molecule has 1 aliphatic rings. The Hall–Kier alpha value is -3.04. The number of carbonyl (C=O) groups excluding carboxylic acids is 1. The third kappa shape index (κ3) is 5.80. The Morgan fingerprint density at radius 2 is 2.12 bits per heavy atom. The normalized spacial score (nSPS) is 16.3. The van der Waals surface area contributed by atoms with Crippen LogP contribution < -0.4 is 10.1 Å². The van der Waals surface area contributed by atoms with E-state index in [1.807, 2.05) is 45.0 Å². The van der Waals surface area contributed by atoms with E-state index in [1.165, 1.54) is 0 Å². The van der Waals surface area contributed by atoms with Crippen molar-refractivity contribution in [3.63, 3.8) is 0 Å². The van der Waals surface area contributed by atoms with Gasteiger partial charge in [0.05, 0.1) is 11.8 Å². The van der Waals surface area contributed by atoms with E-state index in [9.17, 15) is 10.1 Å². The molecule has 2 aromatic rings. The lowest BCUT2D eigenvalue weighted by Gasteiger charge is -2.16. The van der Waals surface area contributed by atoms with E-state index < -0.39 is 5.91 Å². The minimum Gasteiger partial charge on any atom is -0.489 e. The summed E-state index contributed by atoms with van der Waals surface area (Å²) in [5.41, 5.74) is 4.68. The molecule has 1 aliphatic heterocycles. The molecule has 1 N–H and O–H groups in total. The van der Waals surface area contributed by atoms with Crippen LogP contribution in [0, 0.1) is 38.0 Å². The number of aromatic nitrogens is 1. The van der Waals surface area contributed by atoms with Crippen molar-refractivity contribution in [2.24, 2.45) is 5.92 Å². The van der Waals surface area contributed by atoms with E-state index in [-0.39, 0.29) is 11.7 Å². The number of amides is 1. The summed E-state index contributed by atoms with van der Waals surface area (Å²) in [5, 5.41) is 12.5. The van der Waals surface area contributed by atoms with Crippen molar-refractivity contribution in [3.8, 4) is 11.8 Å². The Morgan fingerprint density at radius 1 is 1.34 bits per heavy atom. The number of carbonyl (C=O) groups is 1. The summed E-state index contributed by atoms with van der Waals surface area (Å²) in [6.07, 6.45) is 3.76. The third-order valence-corrected chi connectivity index (χ3v) is 5.66. The van der Waals surface area contributed by atoms with Crippen molar-refractivity contribution >= 4 is 17.7 Å². The van der Waals surface area contributed by atoms with Gasteiger partial charge in [-0.05, 0) is 74.9 Å². The molecule has 1 saturated heterocycles. The van der Waals surface area contributed by atoms with Crippen molar-refractivity contribution in [1.82, 2.24) is 4.57 Å². The molecule has 170 valence electrons. The average molecular weight is 436 g/mol. The maximum atomic E-state index is 12.9. The Balaban J connectivity index is 1.79. The van der Waals surface area contributed by atoms with Crippen LogP contribution in [0.4, 0.5) is 5.69 Å². The zero-order valence-corrected chi connectivity index (χ0v) is 19.7. The summed E-state index contributed by atoms with van der Waals surface area (Å²) in [6, 6.07) is 9.67. The molecule has 1 amide bonds. The Morgan fingerprint density at radius 3 is 2.78 bits per heavy atom. The molecular formula is C26H33N3O3. The quantitative estimate of drug-likeness (QED) is 0.458. The highest BCUT2D eigenvalue weighted by atomic mass is 16.5. The SMILES string of the molecule is Cc1ccc(NC(=O)/C(C#N)=C\c2cc(C)n(CC(C)C)c2C)c(OCC2CCCO2)c1. The molecular weight excluding hydrogens is 402 g/mol. The van der Waals surface area contributed by atoms with Gasteiger partial charge in [0.15, 0.2) is 0 Å². The zero-order valence-electron chi connectivity index (χ0n) is 19.7. The van der Waals surface area contributed by atoms with Gasteiger partial charge in [-0.25, -0.2) is 0 Å². The number of nitriles is 1. The fraction of sp³-hybridized carbons (Fsp3) is 0.462. The largest absolute Gasteiger partial charge is 0.489 e. The number of nitrogens with one attached hydrogen (secondary N) is 1. The second kappa shape index (κ2) is 10.5. The van der Waals surface area contributed by atoms with Crippen molar-refractivity contribution in [1.29, 1.82) is 5.26 Å². The minimum absolute atomic E-state index is 0.0560. The molecule has 0 spiro atoms. The monoisotopic (exact) mass is 435 g/mol. The molecule has 0 radical (unpaired) electrons. The molecule has 0 aliphatic carbocycles. The number of benzene rings is 1. The molecule has 0 bridgehead atoms. The van der Waals surface area contributed by atoms with Crippen LogP contribution in [0.15, 0.2) is 29.8 Å². The summed E-state index contributed by atoms with van der Waals surface area (Å²) in [7, 11) is 0. The van der Waals surface area contributed by atoms with Crippen LogP contribution in [0.5, 0.6) is 5.75 Å². The number of anilines is 1. The molecule has 2 heterocycles. The second-order valence-electron chi connectivity index (χ2n) is 8.90. The maximum Gasteiger partial charge on any atom is 0.266 e. The fourth-order valence-electron chi connectivity index (χ4n) is 3.92. The topological polar surface area (TPSA) is 76.3 Å². The van der Waals surface area contributed by atoms with Gasteiger partial charge >= 0.3 is 0 Å². The molecule has 6 nitrogen and oxygen atoms in total. The van der Waals surface area contributed by atoms with Gasteiger partial charge in [0.2, 0.25) is 0 Å². The lowest BCUT2D eigenvalue weighted by Crippen LogP contribution is -2.18. The van der Waals surface area contributed by atoms with E-state index in [4.69, 9.17) is 9.47 Å². The fourth-order valence-corrected chi connectivity index (χ4v) is 3.92. The highest BCUT2D eigenvalue weighted by molar-refractivity contribution is 6.10. The van der Waals surface area contributed by atoms with Gasteiger partial charge in [-0.2, -0.15) is 5.26 Å². The Kier molecular flexibility index (Phi) is 7.76. The van der Waals surface area contributed by atoms with E-state index >= 15 is 0 Å². The lowest BCUT2D eigenvalue weighted by molar-refractivity contribution is -0.112. The Bertz CT molecular complexity index is 1040. The van der Waals surface area contributed by atoms with E-state index in [2.05, 4.69) is 29.8 Å². The van der Waals surface area contributed by atoms with Gasteiger partial charge in [-0.3, -0.25) is 4.79 Å². The molecule has 32 heavy (non-hydrogen) atoms. The molecule has 1 unspecified atom stereocenters. The Labute approximate surface area is 190 Å². The molecule has 3 rings (SSSR count). The van der Waals surface area contributed by atoms with Crippen molar-refractivity contribution < 1.29 is 14.3 Å². The third-order valence-electron chi connectivity index (χ3n) is 5.66. The van der Waals surface area contributed by atoms with E-state index in [0.29, 0.717) is 24.0 Å². The molecule has 6 heteroatoms. The van der Waals surface area contributed by atoms with Gasteiger partial charge in [-0.15, -0.1) is 0 Å². The van der Waals surface area contributed by atoms with Gasteiger partial charge in [0, 0.05) is 24.5 Å². The number of ether oxygens (including phenoxy) is 2. The summed E-state index contributed by atoms with van der Waals surface area (Å²) < 4.78 is 13.8. The van der Waals surface area contributed by atoms with Gasteiger partial charge in [0.25, 0.3) is 5.91 Å². The van der Waals surface area contributed by atoms with Gasteiger partial charge in [0.1, 0.15) is 24.0 Å². The van der Waals surface area contributed by atoms with Gasteiger partial charge in [-0.1, -0.05) is 19.9 Å². The molecule has 1 atom stereocenters. The second-order valence-corrected chi connectivity index (χ2v) is 8.90. The summed E-state index contributed by atoms with van der Waals surface area (Å²) in [6.45, 7) is 12.5. The standard InChI is InChI=1S/C26H33N3O3/c1-17(2)15-29-19(4)12-21(20(29)5)13-22(14-27)26(30)28-24-9-8-18(3)11-25(24)32-16-23-7-6-10-31-23/h8-9,11-13,17,23H,6-7,10,15-16H2,1-5H3,(H,28,30)/b22-13-. The van der Waals surface area contributed by atoms with E-state index in [1.54, 1.807) is 6.08 Å². The van der Waals surface area contributed by atoms with Crippen molar-refractivity contribution in [3.05, 3.63) is 52.4 Å². The molecule has 1 aromatic heterocycles. The van der Waals surface area contributed by atoms with Crippen molar-refractivity contribution in [2.45, 2.75) is 60.1 Å². The first-order valence-electron chi connectivity index (χ1n) is 11.2. The first-order chi connectivity index (χ1) is 15.3.